The maximum atomic E-state index is 12.1. The number of benzene rings is 1. The molecule has 1 saturated heterocycles. The molecule has 0 saturated carbocycles. The van der Waals surface area contributed by atoms with Crippen LogP contribution in [0.5, 0.6) is 0 Å². The first-order valence-corrected chi connectivity index (χ1v) is 7.21. The summed E-state index contributed by atoms with van der Waals surface area (Å²) in [4.78, 5) is 12.1. The third kappa shape index (κ3) is 3.95. The predicted octanol–water partition coefficient (Wildman–Crippen LogP) is 2.39. The molecule has 0 aliphatic carbocycles. The lowest BCUT2D eigenvalue weighted by molar-refractivity contribution is -0.121. The van der Waals surface area contributed by atoms with Gasteiger partial charge in [-0.05, 0) is 43.5 Å². The fraction of sp³-hybridized carbons (Fsp3) is 0.533. The zero-order valence-corrected chi connectivity index (χ0v) is 12.2. The summed E-state index contributed by atoms with van der Waals surface area (Å²) in [6, 6.07) is 7.99. The summed E-state index contributed by atoms with van der Waals surface area (Å²) in [5.74, 6) is 0.578. The van der Waals surface area contributed by atoms with Gasteiger partial charge in [-0.2, -0.15) is 0 Å². The average Bonchev–Trinajstić information content (AvgIpc) is 2.34. The van der Waals surface area contributed by atoms with E-state index in [0.29, 0.717) is 23.4 Å². The lowest BCUT2D eigenvalue weighted by Crippen LogP contribution is -2.56. The smallest absolute Gasteiger partial charge is 0.224 e. The van der Waals surface area contributed by atoms with E-state index in [-0.39, 0.29) is 11.9 Å². The van der Waals surface area contributed by atoms with Crippen LogP contribution in [-0.2, 0) is 11.2 Å². The molecule has 3 nitrogen and oxygen atoms in total. The Morgan fingerprint density at radius 3 is 2.95 bits per heavy atom. The first kappa shape index (κ1) is 14.4. The van der Waals surface area contributed by atoms with Gasteiger partial charge in [0, 0.05) is 17.1 Å². The first-order valence-electron chi connectivity index (χ1n) is 6.83. The minimum Gasteiger partial charge on any atom is -0.351 e. The molecule has 2 N–H and O–H groups in total. The van der Waals surface area contributed by atoms with Gasteiger partial charge in [0.1, 0.15) is 0 Å². The average molecular weight is 281 g/mol. The van der Waals surface area contributed by atoms with Crippen LogP contribution in [0.1, 0.15) is 25.8 Å². The number of hydrogen-bond donors (Lipinski definition) is 2. The van der Waals surface area contributed by atoms with Crippen molar-refractivity contribution in [2.75, 3.05) is 6.54 Å². The summed E-state index contributed by atoms with van der Waals surface area (Å²) >= 11 is 5.92. The highest BCUT2D eigenvalue weighted by Crippen LogP contribution is 2.17. The Balaban J connectivity index is 1.93. The fourth-order valence-electron chi connectivity index (χ4n) is 2.67. The highest BCUT2D eigenvalue weighted by Gasteiger charge is 2.28. The molecule has 1 aromatic rings. The second-order valence-electron chi connectivity index (χ2n) is 5.41. The third-order valence-electron chi connectivity index (χ3n) is 3.80. The normalized spacial score (nSPS) is 27.0. The zero-order chi connectivity index (χ0) is 13.8. The van der Waals surface area contributed by atoms with Crippen molar-refractivity contribution in [2.24, 2.45) is 5.92 Å². The summed E-state index contributed by atoms with van der Waals surface area (Å²) in [6.07, 6.45) is 1.49. The van der Waals surface area contributed by atoms with E-state index in [4.69, 9.17) is 11.6 Å². The van der Waals surface area contributed by atoms with Crippen molar-refractivity contribution in [3.63, 3.8) is 0 Å². The molecule has 1 aliphatic heterocycles. The van der Waals surface area contributed by atoms with E-state index in [9.17, 15) is 4.79 Å². The van der Waals surface area contributed by atoms with Crippen LogP contribution in [0.4, 0.5) is 0 Å². The number of halogens is 1. The predicted molar refractivity (Wildman–Crippen MR) is 78.3 cm³/mol. The van der Waals surface area contributed by atoms with Gasteiger partial charge in [0.2, 0.25) is 5.91 Å². The fourth-order valence-corrected chi connectivity index (χ4v) is 2.89. The quantitative estimate of drug-likeness (QED) is 0.893. The molecule has 0 bridgehead atoms. The number of hydrogen-bond acceptors (Lipinski definition) is 2. The summed E-state index contributed by atoms with van der Waals surface area (Å²) in [5, 5.41) is 7.22. The van der Waals surface area contributed by atoms with Crippen LogP contribution in [-0.4, -0.2) is 24.5 Å². The van der Waals surface area contributed by atoms with Gasteiger partial charge in [-0.1, -0.05) is 30.7 Å². The van der Waals surface area contributed by atoms with Crippen LogP contribution < -0.4 is 10.6 Å². The number of rotatable bonds is 3. The topological polar surface area (TPSA) is 41.1 Å². The van der Waals surface area contributed by atoms with Crippen molar-refractivity contribution < 1.29 is 4.79 Å². The zero-order valence-electron chi connectivity index (χ0n) is 11.4. The molecule has 1 aliphatic rings. The molecular formula is C15H21ClN2O. The molecule has 3 atom stereocenters. The van der Waals surface area contributed by atoms with Crippen molar-refractivity contribution in [3.05, 3.63) is 34.9 Å². The Bertz CT molecular complexity index is 440. The van der Waals surface area contributed by atoms with Crippen molar-refractivity contribution in [1.82, 2.24) is 10.6 Å². The summed E-state index contributed by atoms with van der Waals surface area (Å²) in [6.45, 7) is 5.35. The number of amides is 1. The molecular weight excluding hydrogens is 260 g/mol. The molecule has 1 aromatic carbocycles. The molecule has 1 fully saturated rings. The van der Waals surface area contributed by atoms with E-state index >= 15 is 0 Å². The van der Waals surface area contributed by atoms with Crippen LogP contribution >= 0.6 is 11.6 Å². The van der Waals surface area contributed by atoms with E-state index in [0.717, 1.165) is 18.5 Å². The highest BCUT2D eigenvalue weighted by molar-refractivity contribution is 6.30. The van der Waals surface area contributed by atoms with Gasteiger partial charge >= 0.3 is 0 Å². The maximum absolute atomic E-state index is 12.1. The Morgan fingerprint density at radius 2 is 2.26 bits per heavy atom. The number of carbonyl (C=O) groups is 1. The first-order chi connectivity index (χ1) is 9.06. The van der Waals surface area contributed by atoms with E-state index in [1.807, 2.05) is 24.3 Å². The summed E-state index contributed by atoms with van der Waals surface area (Å²) in [5.41, 5.74) is 0.953. The minimum absolute atomic E-state index is 0.0645. The highest BCUT2D eigenvalue weighted by atomic mass is 35.5. The number of carbonyl (C=O) groups excluding carboxylic acids is 1. The Kier molecular flexibility index (Phi) is 4.83. The molecule has 104 valence electrons. The van der Waals surface area contributed by atoms with Crippen molar-refractivity contribution in [2.45, 2.75) is 38.8 Å². The lowest BCUT2D eigenvalue weighted by atomic mass is 9.89. The van der Waals surface area contributed by atoms with Gasteiger partial charge in [-0.25, -0.2) is 0 Å². The van der Waals surface area contributed by atoms with E-state index in [1.54, 1.807) is 0 Å². The second kappa shape index (κ2) is 6.40. The van der Waals surface area contributed by atoms with E-state index < -0.39 is 0 Å². The maximum Gasteiger partial charge on any atom is 0.224 e. The van der Waals surface area contributed by atoms with Crippen LogP contribution in [0, 0.1) is 5.92 Å². The molecule has 0 aromatic heterocycles. The van der Waals surface area contributed by atoms with Crippen LogP contribution in [0.2, 0.25) is 5.02 Å². The second-order valence-corrected chi connectivity index (χ2v) is 5.85. The van der Waals surface area contributed by atoms with E-state index in [1.165, 1.54) is 0 Å². The van der Waals surface area contributed by atoms with Crippen LogP contribution in [0.25, 0.3) is 0 Å². The molecule has 2 rings (SSSR count). The number of nitrogens with one attached hydrogen (secondary N) is 2. The van der Waals surface area contributed by atoms with E-state index in [2.05, 4.69) is 24.5 Å². The largest absolute Gasteiger partial charge is 0.351 e. The Hall–Kier alpha value is -1.06. The molecule has 19 heavy (non-hydrogen) atoms. The van der Waals surface area contributed by atoms with Gasteiger partial charge in [-0.15, -0.1) is 0 Å². The molecule has 1 amide bonds. The Labute approximate surface area is 119 Å². The van der Waals surface area contributed by atoms with Gasteiger partial charge < -0.3 is 10.6 Å². The summed E-state index contributed by atoms with van der Waals surface area (Å²) < 4.78 is 0. The standard InChI is InChI=1S/C15H21ClN2O/c1-10-6-7-17-11(2)15(10)18-14(19)9-12-4-3-5-13(16)8-12/h3-5,8,10-11,15,17H,6-7,9H2,1-2H3,(H,18,19). The van der Waals surface area contributed by atoms with Gasteiger partial charge in [0.05, 0.1) is 6.42 Å². The monoisotopic (exact) mass is 280 g/mol. The summed E-state index contributed by atoms with van der Waals surface area (Å²) in [7, 11) is 0. The SMILES string of the molecule is CC1CCNC(C)C1NC(=O)Cc1cccc(Cl)c1. The molecule has 4 heteroatoms. The third-order valence-corrected chi connectivity index (χ3v) is 4.03. The Morgan fingerprint density at radius 1 is 1.47 bits per heavy atom. The minimum atomic E-state index is 0.0645. The van der Waals surface area contributed by atoms with Gasteiger partial charge in [-0.3, -0.25) is 4.79 Å². The molecule has 3 unspecified atom stereocenters. The van der Waals surface area contributed by atoms with Crippen molar-refractivity contribution in [3.8, 4) is 0 Å². The molecule has 0 spiro atoms. The van der Waals surface area contributed by atoms with Crippen LogP contribution in [0.15, 0.2) is 24.3 Å². The van der Waals surface area contributed by atoms with Crippen molar-refractivity contribution in [1.29, 1.82) is 0 Å². The van der Waals surface area contributed by atoms with Gasteiger partial charge in [0.25, 0.3) is 0 Å². The molecule has 1 heterocycles. The van der Waals surface area contributed by atoms with Gasteiger partial charge in [0.15, 0.2) is 0 Å². The van der Waals surface area contributed by atoms with Crippen molar-refractivity contribution >= 4 is 17.5 Å². The lowest BCUT2D eigenvalue weighted by Gasteiger charge is -2.36. The van der Waals surface area contributed by atoms with Crippen LogP contribution in [0.3, 0.4) is 0 Å². The number of piperidine rings is 1. The molecule has 0 radical (unpaired) electrons.